The van der Waals surface area contributed by atoms with Crippen LogP contribution in [0.3, 0.4) is 0 Å². The summed E-state index contributed by atoms with van der Waals surface area (Å²) in [7, 11) is 3.06. The first kappa shape index (κ1) is 19.0. The molecule has 26 heavy (non-hydrogen) atoms. The van der Waals surface area contributed by atoms with Crippen LogP contribution in [0, 0.1) is 0 Å². The van der Waals surface area contributed by atoms with Crippen LogP contribution >= 0.6 is 0 Å². The summed E-state index contributed by atoms with van der Waals surface area (Å²) in [5.74, 6) is -0.183. The summed E-state index contributed by atoms with van der Waals surface area (Å²) in [6.07, 6.45) is 0. The number of hydrogen-bond donors (Lipinski definition) is 1. The lowest BCUT2D eigenvalue weighted by Crippen LogP contribution is -2.31. The molecule has 0 saturated carbocycles. The first-order chi connectivity index (χ1) is 12.3. The second-order valence-electron chi connectivity index (χ2n) is 5.57. The number of nitrogens with zero attached hydrogens (tertiary/aromatic N) is 1. The zero-order chi connectivity index (χ0) is 19.3. The van der Waals surface area contributed by atoms with Crippen LogP contribution in [0.5, 0.6) is 11.5 Å². The number of anilines is 1. The van der Waals surface area contributed by atoms with Gasteiger partial charge in [0.05, 0.1) is 7.11 Å². The number of primary amides is 1. The maximum atomic E-state index is 12.3. The standard InChI is InChI=1S/C19H20N2O5/c1-12(22)14-6-9-16(17(10-14)25-3)26-11-18(23)21(2)15-7-4-13(5-8-15)19(20)24/h4-10H,11H2,1-3H3,(H2,20,24). The number of ether oxygens (including phenoxy) is 2. The van der Waals surface area contributed by atoms with Gasteiger partial charge in [-0.2, -0.15) is 0 Å². The normalized spacial score (nSPS) is 10.1. The molecule has 2 aromatic rings. The molecule has 0 aromatic heterocycles. The number of methoxy groups -OCH3 is 1. The summed E-state index contributed by atoms with van der Waals surface area (Å²) in [6.45, 7) is 1.24. The first-order valence-electron chi connectivity index (χ1n) is 7.81. The van der Waals surface area contributed by atoms with E-state index in [0.29, 0.717) is 28.3 Å². The highest BCUT2D eigenvalue weighted by atomic mass is 16.5. The van der Waals surface area contributed by atoms with Gasteiger partial charge < -0.3 is 20.1 Å². The summed E-state index contributed by atoms with van der Waals surface area (Å²) in [5.41, 5.74) is 6.65. The minimum atomic E-state index is -0.532. The summed E-state index contributed by atoms with van der Waals surface area (Å²) in [6, 6.07) is 11.1. The van der Waals surface area contributed by atoms with E-state index >= 15 is 0 Å². The number of ketones is 1. The molecule has 0 atom stereocenters. The fourth-order valence-electron chi connectivity index (χ4n) is 2.24. The quantitative estimate of drug-likeness (QED) is 0.766. The largest absolute Gasteiger partial charge is 0.493 e. The minimum Gasteiger partial charge on any atom is -0.493 e. The van der Waals surface area contributed by atoms with Crippen LogP contribution in [0.4, 0.5) is 5.69 Å². The smallest absolute Gasteiger partial charge is 0.264 e. The van der Waals surface area contributed by atoms with E-state index in [9.17, 15) is 14.4 Å². The molecule has 7 nitrogen and oxygen atoms in total. The van der Waals surface area contributed by atoms with Crippen LogP contribution in [-0.4, -0.2) is 38.4 Å². The van der Waals surface area contributed by atoms with Crippen molar-refractivity contribution in [2.24, 2.45) is 5.73 Å². The molecule has 0 heterocycles. The number of benzene rings is 2. The number of carbonyl (C=O) groups excluding carboxylic acids is 3. The molecule has 0 radical (unpaired) electrons. The summed E-state index contributed by atoms with van der Waals surface area (Å²) in [5, 5.41) is 0. The second-order valence-corrected chi connectivity index (χ2v) is 5.57. The molecule has 136 valence electrons. The SMILES string of the molecule is COc1cc(C(C)=O)ccc1OCC(=O)N(C)c1ccc(C(N)=O)cc1. The van der Waals surface area contributed by atoms with Crippen LogP contribution in [0.15, 0.2) is 42.5 Å². The molecule has 7 heteroatoms. The zero-order valence-electron chi connectivity index (χ0n) is 14.8. The van der Waals surface area contributed by atoms with Gasteiger partial charge in [-0.3, -0.25) is 14.4 Å². The van der Waals surface area contributed by atoms with Crippen molar-refractivity contribution in [1.82, 2.24) is 0 Å². The monoisotopic (exact) mass is 356 g/mol. The van der Waals surface area contributed by atoms with Crippen LogP contribution in [-0.2, 0) is 4.79 Å². The number of hydrogen-bond acceptors (Lipinski definition) is 5. The summed E-state index contributed by atoms with van der Waals surface area (Å²) in [4.78, 5) is 36.2. The lowest BCUT2D eigenvalue weighted by atomic mass is 10.1. The van der Waals surface area contributed by atoms with Gasteiger partial charge in [-0.05, 0) is 49.4 Å². The fraction of sp³-hybridized carbons (Fsp3) is 0.211. The molecule has 0 aliphatic rings. The Bertz CT molecular complexity index is 830. The Morgan fingerprint density at radius 1 is 1.00 bits per heavy atom. The van der Waals surface area contributed by atoms with E-state index < -0.39 is 5.91 Å². The van der Waals surface area contributed by atoms with Gasteiger partial charge in [0.25, 0.3) is 5.91 Å². The van der Waals surface area contributed by atoms with E-state index in [4.69, 9.17) is 15.2 Å². The van der Waals surface area contributed by atoms with Gasteiger partial charge in [0.15, 0.2) is 23.9 Å². The second kappa shape index (κ2) is 8.15. The Kier molecular flexibility index (Phi) is 5.95. The zero-order valence-corrected chi connectivity index (χ0v) is 14.8. The van der Waals surface area contributed by atoms with Crippen molar-refractivity contribution in [3.63, 3.8) is 0 Å². The van der Waals surface area contributed by atoms with Gasteiger partial charge in [-0.15, -0.1) is 0 Å². The molecule has 2 amide bonds. The molecule has 2 aromatic carbocycles. The third-order valence-corrected chi connectivity index (χ3v) is 3.83. The van der Waals surface area contributed by atoms with E-state index in [-0.39, 0.29) is 18.3 Å². The fourth-order valence-corrected chi connectivity index (χ4v) is 2.24. The van der Waals surface area contributed by atoms with Crippen LogP contribution < -0.4 is 20.1 Å². The van der Waals surface area contributed by atoms with E-state index in [1.807, 2.05) is 0 Å². The number of nitrogens with two attached hydrogens (primary N) is 1. The van der Waals surface area contributed by atoms with Crippen molar-refractivity contribution in [2.45, 2.75) is 6.92 Å². The van der Waals surface area contributed by atoms with E-state index in [1.54, 1.807) is 49.5 Å². The van der Waals surface area contributed by atoms with Crippen LogP contribution in [0.25, 0.3) is 0 Å². The Morgan fingerprint density at radius 3 is 2.15 bits per heavy atom. The van der Waals surface area contributed by atoms with Crippen LogP contribution in [0.1, 0.15) is 27.6 Å². The van der Waals surface area contributed by atoms with Gasteiger partial charge in [-0.25, -0.2) is 0 Å². The molecule has 2 rings (SSSR count). The summed E-state index contributed by atoms with van der Waals surface area (Å²) < 4.78 is 10.7. The average molecular weight is 356 g/mol. The van der Waals surface area contributed by atoms with Gasteiger partial charge in [0.2, 0.25) is 5.91 Å². The number of carbonyl (C=O) groups is 3. The Hall–Kier alpha value is -3.35. The lowest BCUT2D eigenvalue weighted by molar-refractivity contribution is -0.120. The van der Waals surface area contributed by atoms with Crippen molar-refractivity contribution in [1.29, 1.82) is 0 Å². The first-order valence-corrected chi connectivity index (χ1v) is 7.81. The Morgan fingerprint density at radius 2 is 1.62 bits per heavy atom. The number of likely N-dealkylation sites (N-methyl/N-ethyl adjacent to an activating group) is 1. The Labute approximate surface area is 151 Å². The third-order valence-electron chi connectivity index (χ3n) is 3.83. The van der Waals surface area contributed by atoms with Crippen molar-refractivity contribution < 1.29 is 23.9 Å². The van der Waals surface area contributed by atoms with Gasteiger partial charge in [0.1, 0.15) is 0 Å². The predicted octanol–water partition coefficient (Wildman–Crippen LogP) is 2.04. The highest BCUT2D eigenvalue weighted by Crippen LogP contribution is 2.28. The number of amides is 2. The molecule has 0 aliphatic carbocycles. The maximum absolute atomic E-state index is 12.3. The molecular formula is C19H20N2O5. The van der Waals surface area contributed by atoms with E-state index in [0.717, 1.165) is 0 Å². The maximum Gasteiger partial charge on any atom is 0.264 e. The lowest BCUT2D eigenvalue weighted by Gasteiger charge is -2.18. The highest BCUT2D eigenvalue weighted by molar-refractivity contribution is 5.96. The topological polar surface area (TPSA) is 98.9 Å². The van der Waals surface area contributed by atoms with Crippen LogP contribution in [0.2, 0.25) is 0 Å². The molecule has 0 aliphatic heterocycles. The third kappa shape index (κ3) is 4.38. The summed E-state index contributed by atoms with van der Waals surface area (Å²) >= 11 is 0. The molecule has 0 spiro atoms. The minimum absolute atomic E-state index is 0.0925. The molecule has 0 unspecified atom stereocenters. The number of rotatable bonds is 7. The van der Waals surface area contributed by atoms with Crippen molar-refractivity contribution in [3.8, 4) is 11.5 Å². The molecular weight excluding hydrogens is 336 g/mol. The molecule has 0 fully saturated rings. The van der Waals surface area contributed by atoms with E-state index in [2.05, 4.69) is 0 Å². The van der Waals surface area contributed by atoms with Gasteiger partial charge in [0, 0.05) is 23.9 Å². The van der Waals surface area contributed by atoms with E-state index in [1.165, 1.54) is 18.9 Å². The molecule has 0 bridgehead atoms. The molecule has 2 N–H and O–H groups in total. The predicted molar refractivity (Wildman–Crippen MR) is 96.9 cm³/mol. The van der Waals surface area contributed by atoms with Crippen molar-refractivity contribution in [2.75, 3.05) is 25.7 Å². The average Bonchev–Trinajstić information content (AvgIpc) is 2.65. The Balaban J connectivity index is 2.05. The van der Waals surface area contributed by atoms with Gasteiger partial charge >= 0.3 is 0 Å². The number of Topliss-reactive ketones (excluding diaryl/α,β-unsaturated/α-hetero) is 1. The highest BCUT2D eigenvalue weighted by Gasteiger charge is 2.15. The van der Waals surface area contributed by atoms with Crippen molar-refractivity contribution >= 4 is 23.3 Å². The van der Waals surface area contributed by atoms with Crippen molar-refractivity contribution in [3.05, 3.63) is 53.6 Å². The van der Waals surface area contributed by atoms with Gasteiger partial charge in [-0.1, -0.05) is 0 Å². The molecule has 0 saturated heterocycles.